The second-order valence-electron chi connectivity index (χ2n) is 3.82. The van der Waals surface area contributed by atoms with E-state index >= 15 is 0 Å². The third-order valence-electron chi connectivity index (χ3n) is 2.32. The highest BCUT2D eigenvalue weighted by Crippen LogP contribution is 2.43. The molecule has 6 heteroatoms. The van der Waals surface area contributed by atoms with Gasteiger partial charge in [-0.15, -0.1) is 0 Å². The number of rotatable bonds is 2. The van der Waals surface area contributed by atoms with E-state index < -0.39 is 6.04 Å². The van der Waals surface area contributed by atoms with Crippen LogP contribution in [-0.4, -0.2) is 23.1 Å². The molecule has 0 aromatic rings. The molecule has 0 aromatic heterocycles. The normalized spacial score (nSPS) is 28.7. The van der Waals surface area contributed by atoms with E-state index in [1.54, 1.807) is 21.6 Å². The highest BCUT2D eigenvalue weighted by Gasteiger charge is 2.42. The predicted molar refractivity (Wildman–Crippen MR) is 62.0 cm³/mol. The molecular weight excluding hydrogens is 232 g/mol. The zero-order chi connectivity index (χ0) is 11.0. The predicted octanol–water partition coefficient (Wildman–Crippen LogP) is 0.862. The molecule has 4 nitrogen and oxygen atoms in total. The number of nitrogens with one attached hydrogen (secondary N) is 2. The van der Waals surface area contributed by atoms with Gasteiger partial charge in [-0.25, -0.2) is 0 Å². The van der Waals surface area contributed by atoms with Gasteiger partial charge in [0.2, 0.25) is 11.8 Å². The van der Waals surface area contributed by atoms with Gasteiger partial charge in [0, 0.05) is 17.0 Å². The van der Waals surface area contributed by atoms with Crippen molar-refractivity contribution < 1.29 is 9.59 Å². The Balaban J connectivity index is 2.06. The Morgan fingerprint density at radius 3 is 3.00 bits per heavy atom. The van der Waals surface area contributed by atoms with E-state index in [4.69, 9.17) is 0 Å². The van der Waals surface area contributed by atoms with Gasteiger partial charge in [0.1, 0.15) is 6.04 Å². The minimum atomic E-state index is -0.411. The van der Waals surface area contributed by atoms with Crippen molar-refractivity contribution >= 4 is 33.4 Å². The highest BCUT2D eigenvalue weighted by molar-refractivity contribution is 8.78. The van der Waals surface area contributed by atoms with Gasteiger partial charge < -0.3 is 10.6 Å². The molecule has 0 radical (unpaired) electrons. The SMILES string of the molecule is CC(C)C(=O)N[C@H]1C(=O)NC2=CSS[C@@H]21. The van der Waals surface area contributed by atoms with Gasteiger partial charge in [0.05, 0.1) is 5.25 Å². The fourth-order valence-electron chi connectivity index (χ4n) is 1.41. The molecule has 1 fully saturated rings. The molecule has 0 saturated carbocycles. The standard InChI is InChI=1S/C9H12N2O2S2/c1-4(2)8(12)11-6-7-5(3-14-15-7)10-9(6)13/h3-4,6-7H,1-2H3,(H,10,13)(H,11,12)/t6-,7+/m1/s1. The molecule has 2 rings (SSSR count). The van der Waals surface area contributed by atoms with E-state index in [1.165, 1.54) is 0 Å². The molecule has 0 unspecified atom stereocenters. The largest absolute Gasteiger partial charge is 0.343 e. The van der Waals surface area contributed by atoms with E-state index in [-0.39, 0.29) is 23.0 Å². The quantitative estimate of drug-likeness (QED) is 0.707. The van der Waals surface area contributed by atoms with Crippen LogP contribution in [0.15, 0.2) is 11.1 Å². The third-order valence-corrected chi connectivity index (χ3v) is 4.75. The molecule has 1 saturated heterocycles. The first-order valence-corrected chi connectivity index (χ1v) is 7.00. The van der Waals surface area contributed by atoms with Gasteiger partial charge in [0.25, 0.3) is 0 Å². The summed E-state index contributed by atoms with van der Waals surface area (Å²) >= 11 is 0. The van der Waals surface area contributed by atoms with Gasteiger partial charge in [-0.3, -0.25) is 9.59 Å². The van der Waals surface area contributed by atoms with Crippen molar-refractivity contribution in [1.82, 2.24) is 10.6 Å². The number of carbonyl (C=O) groups excluding carboxylic acids is 2. The molecule has 0 aromatic carbocycles. The second kappa shape index (κ2) is 4.09. The topological polar surface area (TPSA) is 58.2 Å². The fourth-order valence-corrected chi connectivity index (χ4v) is 4.00. The monoisotopic (exact) mass is 244 g/mol. The van der Waals surface area contributed by atoms with Crippen LogP contribution in [0.5, 0.6) is 0 Å². The maximum absolute atomic E-state index is 11.6. The van der Waals surface area contributed by atoms with Gasteiger partial charge in [-0.1, -0.05) is 35.4 Å². The summed E-state index contributed by atoms with van der Waals surface area (Å²) in [5.74, 6) is -0.271. The Morgan fingerprint density at radius 2 is 2.33 bits per heavy atom. The van der Waals surface area contributed by atoms with Crippen LogP contribution in [0.1, 0.15) is 13.8 Å². The van der Waals surface area contributed by atoms with Gasteiger partial charge in [-0.05, 0) is 0 Å². The molecule has 82 valence electrons. The first kappa shape index (κ1) is 10.9. The van der Waals surface area contributed by atoms with Crippen LogP contribution < -0.4 is 10.6 Å². The average Bonchev–Trinajstić information content (AvgIpc) is 2.69. The van der Waals surface area contributed by atoms with Crippen LogP contribution >= 0.6 is 21.6 Å². The van der Waals surface area contributed by atoms with Gasteiger partial charge >= 0.3 is 0 Å². The van der Waals surface area contributed by atoms with Crippen LogP contribution in [0.2, 0.25) is 0 Å². The average molecular weight is 244 g/mol. The summed E-state index contributed by atoms with van der Waals surface area (Å²) in [7, 11) is 3.20. The lowest BCUT2D eigenvalue weighted by molar-refractivity contribution is -0.129. The number of amides is 2. The summed E-state index contributed by atoms with van der Waals surface area (Å²) in [6, 6.07) is -0.411. The van der Waals surface area contributed by atoms with E-state index in [9.17, 15) is 9.59 Å². The van der Waals surface area contributed by atoms with E-state index in [0.717, 1.165) is 5.70 Å². The molecule has 2 amide bonds. The van der Waals surface area contributed by atoms with Gasteiger partial charge in [0.15, 0.2) is 0 Å². The second-order valence-corrected chi connectivity index (χ2v) is 6.10. The molecular formula is C9H12N2O2S2. The number of fused-ring (bicyclic) bond motifs is 1. The fraction of sp³-hybridized carbons (Fsp3) is 0.556. The van der Waals surface area contributed by atoms with Crippen LogP contribution in [0, 0.1) is 5.92 Å². The Morgan fingerprint density at radius 1 is 1.60 bits per heavy atom. The Bertz CT molecular complexity index is 341. The summed E-state index contributed by atoms with van der Waals surface area (Å²) in [5.41, 5.74) is 0.920. The van der Waals surface area contributed by atoms with Crippen molar-refractivity contribution in [3.8, 4) is 0 Å². The summed E-state index contributed by atoms with van der Waals surface area (Å²) < 4.78 is 0. The van der Waals surface area contributed by atoms with Crippen molar-refractivity contribution in [2.45, 2.75) is 25.1 Å². The number of hydrogen-bond acceptors (Lipinski definition) is 4. The van der Waals surface area contributed by atoms with Crippen molar-refractivity contribution in [3.05, 3.63) is 11.1 Å². The van der Waals surface area contributed by atoms with Crippen molar-refractivity contribution in [1.29, 1.82) is 0 Å². The number of carbonyl (C=O) groups is 2. The molecule has 0 bridgehead atoms. The van der Waals surface area contributed by atoms with Crippen LogP contribution in [0.3, 0.4) is 0 Å². The Hall–Kier alpha value is -0.620. The molecule has 0 spiro atoms. The van der Waals surface area contributed by atoms with Crippen molar-refractivity contribution in [2.24, 2.45) is 5.92 Å². The Kier molecular flexibility index (Phi) is 2.97. The maximum Gasteiger partial charge on any atom is 0.248 e. The van der Waals surface area contributed by atoms with Crippen molar-refractivity contribution in [3.63, 3.8) is 0 Å². The molecule has 2 N–H and O–H groups in total. The zero-order valence-corrected chi connectivity index (χ0v) is 10.1. The van der Waals surface area contributed by atoms with Crippen molar-refractivity contribution in [2.75, 3.05) is 0 Å². The minimum Gasteiger partial charge on any atom is -0.343 e. The van der Waals surface area contributed by atoms with Crippen LogP contribution in [0.25, 0.3) is 0 Å². The Labute approximate surface area is 96.0 Å². The molecule has 2 heterocycles. The van der Waals surface area contributed by atoms with Gasteiger partial charge in [-0.2, -0.15) is 0 Å². The summed E-state index contributed by atoms with van der Waals surface area (Å²) in [6.07, 6.45) is 0. The molecule has 2 atom stereocenters. The smallest absolute Gasteiger partial charge is 0.248 e. The zero-order valence-electron chi connectivity index (χ0n) is 8.44. The first-order valence-electron chi connectivity index (χ1n) is 4.73. The lowest BCUT2D eigenvalue weighted by Gasteiger charge is -2.16. The number of hydrogen-bond donors (Lipinski definition) is 2. The lowest BCUT2D eigenvalue weighted by Crippen LogP contribution is -2.45. The molecule has 2 aliphatic heterocycles. The lowest BCUT2D eigenvalue weighted by atomic mass is 10.1. The minimum absolute atomic E-state index is 0.0604. The van der Waals surface area contributed by atoms with Crippen LogP contribution in [-0.2, 0) is 9.59 Å². The molecule has 2 aliphatic rings. The van der Waals surface area contributed by atoms with E-state index in [2.05, 4.69) is 10.6 Å². The maximum atomic E-state index is 11.6. The summed E-state index contributed by atoms with van der Waals surface area (Å²) in [6.45, 7) is 3.63. The first-order chi connectivity index (χ1) is 7.09. The molecule has 15 heavy (non-hydrogen) atoms. The van der Waals surface area contributed by atoms with E-state index in [1.807, 2.05) is 19.3 Å². The third kappa shape index (κ3) is 2.01. The molecule has 0 aliphatic carbocycles. The van der Waals surface area contributed by atoms with E-state index in [0.29, 0.717) is 0 Å². The summed E-state index contributed by atoms with van der Waals surface area (Å²) in [5, 5.41) is 7.54. The van der Waals surface area contributed by atoms with Crippen LogP contribution in [0.4, 0.5) is 0 Å². The summed E-state index contributed by atoms with van der Waals surface area (Å²) in [4.78, 5) is 23.1. The highest BCUT2D eigenvalue weighted by atomic mass is 33.1.